The van der Waals surface area contributed by atoms with Crippen LogP contribution in [0.3, 0.4) is 0 Å². The molecule has 1 unspecified atom stereocenters. The van der Waals surface area contributed by atoms with E-state index in [-0.39, 0.29) is 23.0 Å². The maximum atomic E-state index is 12.9. The third-order valence-corrected chi connectivity index (χ3v) is 4.54. The third kappa shape index (κ3) is 3.26. The number of phenolic OH excluding ortho intramolecular Hbond substituents is 1. The fourth-order valence-electron chi connectivity index (χ4n) is 3.17. The van der Waals surface area contributed by atoms with E-state index in [1.165, 1.54) is 24.1 Å². The van der Waals surface area contributed by atoms with E-state index >= 15 is 0 Å². The van der Waals surface area contributed by atoms with Crippen LogP contribution in [-0.4, -0.2) is 29.0 Å². The zero-order valence-corrected chi connectivity index (χ0v) is 15.3. The lowest BCUT2D eigenvalue weighted by atomic mass is 9.91. The lowest BCUT2D eigenvalue weighted by molar-refractivity contribution is -0.119. The maximum Gasteiger partial charge on any atom is 0.294 e. The van der Waals surface area contributed by atoms with E-state index < -0.39 is 17.7 Å². The van der Waals surface area contributed by atoms with Crippen molar-refractivity contribution in [2.45, 2.75) is 19.9 Å². The monoisotopic (exact) mass is 367 g/mol. The maximum absolute atomic E-state index is 12.9. The van der Waals surface area contributed by atoms with Crippen LogP contribution in [0, 0.1) is 5.92 Å². The highest BCUT2D eigenvalue weighted by atomic mass is 16.5. The quantitative estimate of drug-likeness (QED) is 0.844. The van der Waals surface area contributed by atoms with E-state index in [1.807, 2.05) is 0 Å². The van der Waals surface area contributed by atoms with Crippen molar-refractivity contribution < 1.29 is 24.5 Å². The second-order valence-corrected chi connectivity index (χ2v) is 6.65. The summed E-state index contributed by atoms with van der Waals surface area (Å²) in [4.78, 5) is 27.0. The zero-order chi connectivity index (χ0) is 19.7. The van der Waals surface area contributed by atoms with Crippen molar-refractivity contribution in [1.29, 1.82) is 0 Å². The standard InChI is InChI=1S/C21H21NO5/c1-12(2)19(24)17-18(13-7-9-15(23)10-8-13)22(21(26)20(17)25)14-5-4-6-16(11-14)27-3/h4-12,18,23,25H,1-3H3. The molecule has 0 aromatic heterocycles. The summed E-state index contributed by atoms with van der Waals surface area (Å²) in [5, 5.41) is 20.1. The zero-order valence-electron chi connectivity index (χ0n) is 15.3. The fourth-order valence-corrected chi connectivity index (χ4v) is 3.17. The number of ketones is 1. The van der Waals surface area contributed by atoms with E-state index in [0.717, 1.165) is 0 Å². The Morgan fingerprint density at radius 1 is 1.11 bits per heavy atom. The largest absolute Gasteiger partial charge is 0.508 e. The number of carbonyl (C=O) groups excluding carboxylic acids is 2. The second-order valence-electron chi connectivity index (χ2n) is 6.65. The molecular formula is C21H21NO5. The number of anilines is 1. The number of aromatic hydroxyl groups is 1. The van der Waals surface area contributed by atoms with Crippen LogP contribution in [0.1, 0.15) is 25.5 Å². The Bertz CT molecular complexity index is 914. The van der Waals surface area contributed by atoms with Gasteiger partial charge in [-0.25, -0.2) is 0 Å². The molecule has 1 amide bonds. The molecule has 0 aliphatic carbocycles. The summed E-state index contributed by atoms with van der Waals surface area (Å²) in [6.45, 7) is 3.43. The van der Waals surface area contributed by atoms with E-state index in [4.69, 9.17) is 4.74 Å². The molecule has 6 nitrogen and oxygen atoms in total. The van der Waals surface area contributed by atoms with Crippen LogP contribution < -0.4 is 9.64 Å². The van der Waals surface area contributed by atoms with Gasteiger partial charge in [0.1, 0.15) is 11.5 Å². The van der Waals surface area contributed by atoms with Crippen LogP contribution in [0.4, 0.5) is 5.69 Å². The van der Waals surface area contributed by atoms with Crippen molar-refractivity contribution in [3.8, 4) is 11.5 Å². The average molecular weight is 367 g/mol. The minimum Gasteiger partial charge on any atom is -0.508 e. The number of hydrogen-bond acceptors (Lipinski definition) is 5. The first-order valence-corrected chi connectivity index (χ1v) is 8.59. The van der Waals surface area contributed by atoms with Gasteiger partial charge >= 0.3 is 0 Å². The number of aliphatic hydroxyl groups excluding tert-OH is 1. The molecule has 2 aromatic carbocycles. The Kier molecular flexibility index (Phi) is 4.90. The van der Waals surface area contributed by atoms with Crippen molar-refractivity contribution in [2.24, 2.45) is 5.92 Å². The number of hydrogen-bond donors (Lipinski definition) is 2. The number of ether oxygens (including phenoxy) is 1. The highest BCUT2D eigenvalue weighted by Gasteiger charge is 2.44. The number of aliphatic hydroxyl groups is 1. The number of nitrogens with zero attached hydrogens (tertiary/aromatic N) is 1. The molecule has 1 aliphatic rings. The highest BCUT2D eigenvalue weighted by Crippen LogP contribution is 2.42. The number of phenols is 1. The number of carbonyl (C=O) groups is 2. The number of Topliss-reactive ketones (excluding diaryl/α,β-unsaturated/α-hetero) is 1. The van der Waals surface area contributed by atoms with Crippen LogP contribution in [0.5, 0.6) is 11.5 Å². The van der Waals surface area contributed by atoms with Crippen LogP contribution in [0.2, 0.25) is 0 Å². The minimum atomic E-state index is -0.792. The van der Waals surface area contributed by atoms with Gasteiger partial charge in [-0.05, 0) is 29.8 Å². The predicted octanol–water partition coefficient (Wildman–Crippen LogP) is 3.53. The van der Waals surface area contributed by atoms with Gasteiger partial charge in [0, 0.05) is 17.7 Å². The molecule has 1 aliphatic heterocycles. The Hall–Kier alpha value is -3.28. The molecular weight excluding hydrogens is 346 g/mol. The molecule has 0 saturated heterocycles. The van der Waals surface area contributed by atoms with Gasteiger partial charge in [0.15, 0.2) is 11.5 Å². The van der Waals surface area contributed by atoms with Gasteiger partial charge in [-0.15, -0.1) is 0 Å². The summed E-state index contributed by atoms with van der Waals surface area (Å²) >= 11 is 0. The number of amides is 1. The summed E-state index contributed by atoms with van der Waals surface area (Å²) in [7, 11) is 1.52. The molecule has 140 valence electrons. The summed E-state index contributed by atoms with van der Waals surface area (Å²) in [6.07, 6.45) is 0. The van der Waals surface area contributed by atoms with E-state index in [1.54, 1.807) is 50.2 Å². The minimum absolute atomic E-state index is 0.0588. The normalized spacial score (nSPS) is 17.0. The molecule has 1 atom stereocenters. The lowest BCUT2D eigenvalue weighted by Crippen LogP contribution is -2.31. The molecule has 0 fully saturated rings. The van der Waals surface area contributed by atoms with E-state index in [2.05, 4.69) is 0 Å². The van der Waals surface area contributed by atoms with Crippen molar-refractivity contribution in [2.75, 3.05) is 12.0 Å². The Morgan fingerprint density at radius 3 is 2.37 bits per heavy atom. The molecule has 27 heavy (non-hydrogen) atoms. The molecule has 6 heteroatoms. The Balaban J connectivity index is 2.18. The predicted molar refractivity (Wildman–Crippen MR) is 101 cm³/mol. The first-order chi connectivity index (χ1) is 12.8. The Labute approximate surface area is 157 Å². The number of benzene rings is 2. The van der Waals surface area contributed by atoms with Gasteiger partial charge in [-0.1, -0.05) is 32.0 Å². The summed E-state index contributed by atoms with van der Waals surface area (Å²) in [5.41, 5.74) is 1.16. The smallest absolute Gasteiger partial charge is 0.294 e. The van der Waals surface area contributed by atoms with Crippen molar-refractivity contribution in [3.05, 3.63) is 65.4 Å². The molecule has 2 N–H and O–H groups in total. The number of rotatable bonds is 5. The van der Waals surface area contributed by atoms with E-state index in [0.29, 0.717) is 17.0 Å². The van der Waals surface area contributed by atoms with Gasteiger partial charge < -0.3 is 14.9 Å². The van der Waals surface area contributed by atoms with Crippen LogP contribution >= 0.6 is 0 Å². The fraction of sp³-hybridized carbons (Fsp3) is 0.238. The molecule has 0 spiro atoms. The average Bonchev–Trinajstić information content (AvgIpc) is 2.93. The molecule has 0 saturated carbocycles. The molecule has 0 radical (unpaired) electrons. The first kappa shape index (κ1) is 18.5. The number of methoxy groups -OCH3 is 1. The van der Waals surface area contributed by atoms with Gasteiger partial charge in [0.05, 0.1) is 18.7 Å². The second kappa shape index (κ2) is 7.15. The van der Waals surface area contributed by atoms with Gasteiger partial charge in [-0.3, -0.25) is 14.5 Å². The summed E-state index contributed by atoms with van der Waals surface area (Å²) in [5.74, 6) is -1.27. The van der Waals surface area contributed by atoms with Gasteiger partial charge in [0.25, 0.3) is 5.91 Å². The van der Waals surface area contributed by atoms with Crippen molar-refractivity contribution >= 4 is 17.4 Å². The molecule has 0 bridgehead atoms. The highest BCUT2D eigenvalue weighted by molar-refractivity contribution is 6.16. The topological polar surface area (TPSA) is 87.1 Å². The summed E-state index contributed by atoms with van der Waals surface area (Å²) < 4.78 is 5.23. The van der Waals surface area contributed by atoms with Crippen molar-refractivity contribution in [1.82, 2.24) is 0 Å². The van der Waals surface area contributed by atoms with E-state index in [9.17, 15) is 19.8 Å². The van der Waals surface area contributed by atoms with Crippen LogP contribution in [-0.2, 0) is 9.59 Å². The van der Waals surface area contributed by atoms with Crippen LogP contribution in [0.15, 0.2) is 59.9 Å². The SMILES string of the molecule is COc1cccc(N2C(=O)C(O)=C(C(=O)C(C)C)C2c2ccc(O)cc2)c1. The van der Waals surface area contributed by atoms with Crippen LogP contribution in [0.25, 0.3) is 0 Å². The Morgan fingerprint density at radius 2 is 1.78 bits per heavy atom. The molecule has 3 rings (SSSR count). The lowest BCUT2D eigenvalue weighted by Gasteiger charge is -2.27. The van der Waals surface area contributed by atoms with Crippen molar-refractivity contribution in [3.63, 3.8) is 0 Å². The van der Waals surface area contributed by atoms with Gasteiger partial charge in [0.2, 0.25) is 0 Å². The summed E-state index contributed by atoms with van der Waals surface area (Å²) in [6, 6.07) is 12.3. The van der Waals surface area contributed by atoms with Gasteiger partial charge in [-0.2, -0.15) is 0 Å². The first-order valence-electron chi connectivity index (χ1n) is 8.59. The third-order valence-electron chi connectivity index (χ3n) is 4.54. The molecule has 2 aromatic rings. The molecule has 1 heterocycles.